The zero-order chi connectivity index (χ0) is 13.8. The Kier molecular flexibility index (Phi) is 3.97. The molecule has 1 unspecified atom stereocenters. The van der Waals surface area contributed by atoms with Crippen molar-refractivity contribution >= 4 is 17.5 Å². The highest BCUT2D eigenvalue weighted by Crippen LogP contribution is 2.28. The first-order valence-electron chi connectivity index (χ1n) is 5.95. The summed E-state index contributed by atoms with van der Waals surface area (Å²) in [5.74, 6) is 1.77. The molecular formula is C13H15N3O3. The number of carbonyl (C=O) groups excluding carboxylic acids is 1. The van der Waals surface area contributed by atoms with E-state index in [4.69, 9.17) is 10.5 Å². The summed E-state index contributed by atoms with van der Waals surface area (Å²) in [5, 5.41) is 15.5. The number of nitrogens with two attached hydrogens (primary N) is 1. The summed E-state index contributed by atoms with van der Waals surface area (Å²) in [5.41, 5.74) is 7.10. The maximum atomic E-state index is 10.9. The van der Waals surface area contributed by atoms with Crippen LogP contribution in [0.1, 0.15) is 12.5 Å². The molecule has 0 saturated carbocycles. The molecule has 1 atom stereocenters. The molecule has 6 heteroatoms. The van der Waals surface area contributed by atoms with Crippen molar-refractivity contribution in [1.82, 2.24) is 0 Å². The predicted molar refractivity (Wildman–Crippen MR) is 71.1 cm³/mol. The summed E-state index contributed by atoms with van der Waals surface area (Å²) >= 11 is 0. The summed E-state index contributed by atoms with van der Waals surface area (Å²) in [6, 6.07) is 7.25. The standard InChI is InChI=1S/C13H15N3O3/c1-2-19-12-10(8-17)13(18)16(15-12)11-6-4-3-5-9(11)7-14/h3-6,13,18H,2,7,14H2,1H3. The third kappa shape index (κ3) is 2.37. The van der Waals surface area contributed by atoms with Crippen molar-refractivity contribution in [1.29, 1.82) is 0 Å². The van der Waals surface area contributed by atoms with Crippen LogP contribution in [-0.2, 0) is 16.1 Å². The fourth-order valence-electron chi connectivity index (χ4n) is 1.87. The maximum absolute atomic E-state index is 10.9. The fraction of sp³-hybridized carbons (Fsp3) is 0.308. The molecule has 0 spiro atoms. The average molecular weight is 261 g/mol. The van der Waals surface area contributed by atoms with Gasteiger partial charge in [0.05, 0.1) is 12.3 Å². The van der Waals surface area contributed by atoms with Crippen molar-refractivity contribution in [3.8, 4) is 0 Å². The van der Waals surface area contributed by atoms with Gasteiger partial charge in [0.2, 0.25) is 0 Å². The van der Waals surface area contributed by atoms with E-state index in [1.54, 1.807) is 25.0 Å². The van der Waals surface area contributed by atoms with E-state index < -0.39 is 6.23 Å². The van der Waals surface area contributed by atoms with Crippen molar-refractivity contribution in [3.05, 3.63) is 35.4 Å². The van der Waals surface area contributed by atoms with Gasteiger partial charge in [0.15, 0.2) is 11.8 Å². The second-order valence-corrected chi connectivity index (χ2v) is 3.90. The van der Waals surface area contributed by atoms with Gasteiger partial charge in [-0.25, -0.2) is 9.80 Å². The van der Waals surface area contributed by atoms with Gasteiger partial charge in [0, 0.05) is 6.54 Å². The Morgan fingerprint density at radius 2 is 2.26 bits per heavy atom. The van der Waals surface area contributed by atoms with Crippen molar-refractivity contribution in [2.45, 2.75) is 19.7 Å². The predicted octanol–water partition coefficient (Wildman–Crippen LogP) is 0.392. The summed E-state index contributed by atoms with van der Waals surface area (Å²) < 4.78 is 5.22. The Balaban J connectivity index is 2.43. The first-order chi connectivity index (χ1) is 9.22. The number of benzene rings is 1. The Bertz CT molecular complexity index is 550. The smallest absolute Gasteiger partial charge is 0.250 e. The number of hydrogen-bond donors (Lipinski definition) is 2. The molecule has 100 valence electrons. The number of aliphatic hydroxyl groups excluding tert-OH is 1. The van der Waals surface area contributed by atoms with Crippen LogP contribution in [0.2, 0.25) is 0 Å². The lowest BCUT2D eigenvalue weighted by molar-refractivity contribution is 0.217. The van der Waals surface area contributed by atoms with Gasteiger partial charge in [-0.1, -0.05) is 18.2 Å². The molecule has 0 radical (unpaired) electrons. The Morgan fingerprint density at radius 3 is 2.89 bits per heavy atom. The minimum Gasteiger partial charge on any atom is -0.476 e. The van der Waals surface area contributed by atoms with Crippen LogP contribution in [0.3, 0.4) is 0 Å². The van der Waals surface area contributed by atoms with Crippen LogP contribution in [0.5, 0.6) is 0 Å². The molecule has 19 heavy (non-hydrogen) atoms. The lowest BCUT2D eigenvalue weighted by Crippen LogP contribution is -2.29. The first-order valence-corrected chi connectivity index (χ1v) is 5.95. The lowest BCUT2D eigenvalue weighted by atomic mass is 10.1. The zero-order valence-corrected chi connectivity index (χ0v) is 10.5. The van der Waals surface area contributed by atoms with Crippen LogP contribution in [0.15, 0.2) is 34.9 Å². The third-order valence-corrected chi connectivity index (χ3v) is 2.77. The number of rotatable bonds is 3. The van der Waals surface area contributed by atoms with Crippen molar-refractivity contribution in [2.75, 3.05) is 11.6 Å². The molecule has 1 aromatic rings. The van der Waals surface area contributed by atoms with E-state index in [0.717, 1.165) is 5.56 Å². The van der Waals surface area contributed by atoms with Gasteiger partial charge in [0.25, 0.3) is 5.90 Å². The highest BCUT2D eigenvalue weighted by atomic mass is 16.5. The van der Waals surface area contributed by atoms with Crippen molar-refractivity contribution in [2.24, 2.45) is 10.8 Å². The van der Waals surface area contributed by atoms with E-state index >= 15 is 0 Å². The molecule has 3 N–H and O–H groups in total. The van der Waals surface area contributed by atoms with E-state index in [1.165, 1.54) is 5.01 Å². The summed E-state index contributed by atoms with van der Waals surface area (Å²) in [4.78, 5) is 10.9. The lowest BCUT2D eigenvalue weighted by Gasteiger charge is -2.20. The van der Waals surface area contributed by atoms with Gasteiger partial charge in [-0.2, -0.15) is 0 Å². The van der Waals surface area contributed by atoms with E-state index in [0.29, 0.717) is 18.8 Å². The van der Waals surface area contributed by atoms with Crippen LogP contribution >= 0.6 is 0 Å². The molecular weight excluding hydrogens is 246 g/mol. The van der Waals surface area contributed by atoms with Gasteiger partial charge in [-0.15, -0.1) is 5.10 Å². The minimum absolute atomic E-state index is 0.00586. The number of hydrogen-bond acceptors (Lipinski definition) is 6. The average Bonchev–Trinajstić information content (AvgIpc) is 2.75. The van der Waals surface area contributed by atoms with Crippen LogP contribution in [0, 0.1) is 0 Å². The largest absolute Gasteiger partial charge is 0.476 e. The normalized spacial score (nSPS) is 18.3. The van der Waals surface area contributed by atoms with Crippen LogP contribution in [0.4, 0.5) is 5.69 Å². The molecule has 0 aromatic heterocycles. The summed E-state index contributed by atoms with van der Waals surface area (Å²) in [6.07, 6.45) is -1.20. The van der Waals surface area contributed by atoms with E-state index in [1.807, 2.05) is 12.1 Å². The van der Waals surface area contributed by atoms with Crippen molar-refractivity contribution in [3.63, 3.8) is 0 Å². The van der Waals surface area contributed by atoms with E-state index in [2.05, 4.69) is 5.10 Å². The fourth-order valence-corrected chi connectivity index (χ4v) is 1.87. The number of ether oxygens (including phenoxy) is 1. The molecule has 1 aliphatic rings. The second kappa shape index (κ2) is 5.67. The summed E-state index contributed by atoms with van der Waals surface area (Å²) in [7, 11) is 0. The van der Waals surface area contributed by atoms with Gasteiger partial charge < -0.3 is 15.6 Å². The van der Waals surface area contributed by atoms with E-state index in [-0.39, 0.29) is 11.5 Å². The summed E-state index contributed by atoms with van der Waals surface area (Å²) in [6.45, 7) is 2.43. The van der Waals surface area contributed by atoms with Crippen LogP contribution in [0.25, 0.3) is 0 Å². The minimum atomic E-state index is -1.20. The van der Waals surface area contributed by atoms with Crippen LogP contribution < -0.4 is 10.7 Å². The SMILES string of the molecule is CCOC1=NN(c2ccccc2CN)C(O)C1=C=O. The number of hydrazone groups is 1. The van der Waals surface area contributed by atoms with Gasteiger partial charge in [-0.05, 0) is 18.6 Å². The quantitative estimate of drug-likeness (QED) is 0.768. The molecule has 0 amide bonds. The number of anilines is 1. The van der Waals surface area contributed by atoms with Gasteiger partial charge >= 0.3 is 0 Å². The van der Waals surface area contributed by atoms with Gasteiger partial charge in [0.1, 0.15) is 5.94 Å². The molecule has 0 fully saturated rings. The van der Waals surface area contributed by atoms with Crippen LogP contribution in [-0.4, -0.2) is 29.8 Å². The molecule has 1 aromatic carbocycles. The Labute approximate surface area is 110 Å². The van der Waals surface area contributed by atoms with Gasteiger partial charge in [-0.3, -0.25) is 0 Å². The first kappa shape index (κ1) is 13.3. The molecule has 6 nitrogen and oxygen atoms in total. The maximum Gasteiger partial charge on any atom is 0.250 e. The molecule has 0 bridgehead atoms. The Morgan fingerprint density at radius 1 is 1.53 bits per heavy atom. The van der Waals surface area contributed by atoms with Crippen molar-refractivity contribution < 1.29 is 14.6 Å². The Hall–Kier alpha value is -2.14. The molecule has 1 aliphatic heterocycles. The second-order valence-electron chi connectivity index (χ2n) is 3.90. The monoisotopic (exact) mass is 261 g/mol. The highest BCUT2D eigenvalue weighted by molar-refractivity contribution is 6.04. The molecule has 2 rings (SSSR count). The molecule has 1 heterocycles. The zero-order valence-electron chi connectivity index (χ0n) is 10.5. The highest BCUT2D eigenvalue weighted by Gasteiger charge is 2.34. The number of aliphatic hydroxyl groups is 1. The topological polar surface area (TPSA) is 88.2 Å². The van der Waals surface area contributed by atoms with E-state index in [9.17, 15) is 9.90 Å². The third-order valence-electron chi connectivity index (χ3n) is 2.77. The number of nitrogens with zero attached hydrogens (tertiary/aromatic N) is 2. The number of para-hydroxylation sites is 1. The molecule has 0 aliphatic carbocycles. The molecule has 0 saturated heterocycles.